The molecule has 4 aliphatic rings. The second-order valence-electron chi connectivity index (χ2n) is 12.2. The number of likely N-dealkylation sites (tertiary alicyclic amines) is 1. The third-order valence-corrected chi connectivity index (χ3v) is 9.67. The number of hydrogen-bond donors (Lipinski definition) is 0. The molecule has 0 saturated carbocycles. The highest BCUT2D eigenvalue weighted by atomic mass is 35.5. The molecule has 0 N–H and O–H groups in total. The predicted molar refractivity (Wildman–Crippen MR) is 173 cm³/mol. The van der Waals surface area contributed by atoms with Gasteiger partial charge in [-0.15, -0.1) is 0 Å². The highest BCUT2D eigenvalue weighted by Crippen LogP contribution is 2.41. The summed E-state index contributed by atoms with van der Waals surface area (Å²) in [5, 5.41) is 21.4. The standard InChI is InChI=1S/C35H32ClF3N6O2/c1-20(37)35(46)45-13-12-44(18-24(45)10-11-40)33-27-8-6-22(26-5-3-4-21-7-9-29(39)32(36)31(21)26)14-30(27)42-34(28(33)16-41)47-19-25-15-23(38)17-43(25)2/h3-9,14,23-25,27,30H,1,10,12-13,15,17-19H2,2H3/t23-,24+,25+,27?,30?/m1/s1. The Balaban J connectivity index is 1.40. The summed E-state index contributed by atoms with van der Waals surface area (Å²) in [5.74, 6) is -2.82. The Morgan fingerprint density at radius 3 is 2.70 bits per heavy atom. The lowest BCUT2D eigenvalue weighted by Crippen LogP contribution is -2.56. The van der Waals surface area contributed by atoms with Gasteiger partial charge in [-0.1, -0.05) is 60.7 Å². The van der Waals surface area contributed by atoms with E-state index in [0.717, 1.165) is 11.0 Å². The van der Waals surface area contributed by atoms with Crippen molar-refractivity contribution >= 4 is 39.8 Å². The number of amides is 1. The smallest absolute Gasteiger partial charge is 0.282 e. The second kappa shape index (κ2) is 13.3. The van der Waals surface area contributed by atoms with Crippen LogP contribution in [0.15, 0.2) is 77.2 Å². The summed E-state index contributed by atoms with van der Waals surface area (Å²) in [4.78, 5) is 22.6. The number of rotatable bonds is 6. The van der Waals surface area contributed by atoms with Crippen LogP contribution in [-0.2, 0) is 9.53 Å². The molecule has 6 rings (SSSR count). The number of dihydropyridines is 1. The van der Waals surface area contributed by atoms with Gasteiger partial charge < -0.3 is 14.5 Å². The number of carbonyl (C=O) groups is 1. The number of ether oxygens (including phenoxy) is 1. The summed E-state index contributed by atoms with van der Waals surface area (Å²) in [5.41, 5.74) is 2.27. The molecule has 0 radical (unpaired) electrons. The lowest BCUT2D eigenvalue weighted by molar-refractivity contribution is -0.133. The highest BCUT2D eigenvalue weighted by molar-refractivity contribution is 6.36. The number of likely N-dealkylation sites (N-methyl/N-ethyl adjacent to an activating group) is 1. The number of aliphatic imine (C=N–C) groups is 1. The molecule has 2 aromatic rings. The maximum Gasteiger partial charge on any atom is 0.282 e. The van der Waals surface area contributed by atoms with Crippen LogP contribution in [0.4, 0.5) is 13.2 Å². The number of halogens is 4. The second-order valence-corrected chi connectivity index (χ2v) is 12.5. The molecule has 3 aliphatic heterocycles. The van der Waals surface area contributed by atoms with Gasteiger partial charge in [0, 0.05) is 49.2 Å². The third kappa shape index (κ3) is 6.14. The largest absolute Gasteiger partial charge is 0.475 e. The molecular formula is C35H32ClF3N6O2. The van der Waals surface area contributed by atoms with E-state index in [2.05, 4.69) is 18.7 Å². The number of nitriles is 2. The zero-order chi connectivity index (χ0) is 33.4. The molecule has 242 valence electrons. The number of benzene rings is 2. The zero-order valence-electron chi connectivity index (χ0n) is 25.7. The van der Waals surface area contributed by atoms with Crippen molar-refractivity contribution in [3.05, 3.63) is 88.6 Å². The van der Waals surface area contributed by atoms with E-state index >= 15 is 0 Å². The number of alkyl halides is 1. The molecule has 0 aromatic heterocycles. The quantitative estimate of drug-likeness (QED) is 0.368. The fourth-order valence-corrected chi connectivity index (χ4v) is 7.26. The Morgan fingerprint density at radius 2 is 2.00 bits per heavy atom. The van der Waals surface area contributed by atoms with Gasteiger partial charge in [0.2, 0.25) is 5.90 Å². The molecule has 3 heterocycles. The molecule has 1 aliphatic carbocycles. The van der Waals surface area contributed by atoms with E-state index in [4.69, 9.17) is 21.3 Å². The molecular weight excluding hydrogens is 629 g/mol. The minimum Gasteiger partial charge on any atom is -0.475 e. The number of nitrogens with zero attached hydrogens (tertiary/aromatic N) is 6. The summed E-state index contributed by atoms with van der Waals surface area (Å²) in [6.07, 6.45) is 5.02. The van der Waals surface area contributed by atoms with Crippen molar-refractivity contribution in [1.29, 1.82) is 10.5 Å². The monoisotopic (exact) mass is 660 g/mol. The fraction of sp³-hybridized carbons (Fsp3) is 0.371. The van der Waals surface area contributed by atoms with Gasteiger partial charge in [0.25, 0.3) is 5.91 Å². The van der Waals surface area contributed by atoms with Gasteiger partial charge >= 0.3 is 0 Å². The highest BCUT2D eigenvalue weighted by Gasteiger charge is 2.41. The van der Waals surface area contributed by atoms with Crippen LogP contribution in [0.3, 0.4) is 0 Å². The Labute approximate surface area is 275 Å². The summed E-state index contributed by atoms with van der Waals surface area (Å²) >= 11 is 6.46. The normalized spacial score (nSPS) is 26.0. The fourth-order valence-electron chi connectivity index (χ4n) is 6.98. The maximum absolute atomic E-state index is 14.6. The molecule has 8 nitrogen and oxygen atoms in total. The van der Waals surface area contributed by atoms with E-state index in [1.165, 1.54) is 11.0 Å². The van der Waals surface area contributed by atoms with Crippen LogP contribution in [0.1, 0.15) is 18.4 Å². The molecule has 12 heteroatoms. The molecule has 0 spiro atoms. The molecule has 47 heavy (non-hydrogen) atoms. The first kappa shape index (κ1) is 32.4. The Kier molecular flexibility index (Phi) is 9.14. The summed E-state index contributed by atoms with van der Waals surface area (Å²) < 4.78 is 48.8. The van der Waals surface area contributed by atoms with Crippen LogP contribution >= 0.6 is 11.6 Å². The third-order valence-electron chi connectivity index (χ3n) is 9.30. The van der Waals surface area contributed by atoms with Crippen LogP contribution in [0.5, 0.6) is 0 Å². The van der Waals surface area contributed by atoms with E-state index < -0.39 is 41.7 Å². The van der Waals surface area contributed by atoms with Crippen LogP contribution in [-0.4, -0.2) is 90.6 Å². The Hall–Kier alpha value is -4.58. The summed E-state index contributed by atoms with van der Waals surface area (Å²) in [7, 11) is 1.82. The lowest BCUT2D eigenvalue weighted by Gasteiger charge is -2.45. The average Bonchev–Trinajstić information content (AvgIpc) is 3.39. The Morgan fingerprint density at radius 1 is 1.19 bits per heavy atom. The summed E-state index contributed by atoms with van der Waals surface area (Å²) in [6.45, 7) is 4.08. The Bertz CT molecular complexity index is 1840. The maximum atomic E-state index is 14.6. The van der Waals surface area contributed by atoms with Crippen molar-refractivity contribution in [3.8, 4) is 12.1 Å². The van der Waals surface area contributed by atoms with Crippen LogP contribution in [0, 0.1) is 34.4 Å². The van der Waals surface area contributed by atoms with Crippen molar-refractivity contribution in [1.82, 2.24) is 14.7 Å². The van der Waals surface area contributed by atoms with E-state index in [1.54, 1.807) is 6.07 Å². The zero-order valence-corrected chi connectivity index (χ0v) is 26.4. The van der Waals surface area contributed by atoms with Crippen LogP contribution in [0.25, 0.3) is 16.3 Å². The average molecular weight is 661 g/mol. The first-order chi connectivity index (χ1) is 22.6. The molecule has 0 bridgehead atoms. The van der Waals surface area contributed by atoms with E-state index in [1.807, 2.05) is 53.3 Å². The SMILES string of the molecule is C=C(F)C(=O)N1CCN(C2=C(C#N)C(OC[C@@H]3C[C@@H](F)CN3C)=NC3C=C(c4cccc5ccc(F)c(Cl)c45)C=CC23)C[C@@H]1CC#N. The van der Waals surface area contributed by atoms with Crippen molar-refractivity contribution in [2.75, 3.05) is 39.8 Å². The van der Waals surface area contributed by atoms with Gasteiger partial charge in [0.05, 0.1) is 29.6 Å². The number of piperazine rings is 1. The van der Waals surface area contributed by atoms with Crippen molar-refractivity contribution in [2.45, 2.75) is 37.1 Å². The van der Waals surface area contributed by atoms with Crippen molar-refractivity contribution in [2.24, 2.45) is 10.9 Å². The topological polar surface area (TPSA) is 96.0 Å². The molecule has 2 saturated heterocycles. The molecule has 1 amide bonds. The lowest BCUT2D eigenvalue weighted by atomic mass is 9.82. The van der Waals surface area contributed by atoms with Gasteiger partial charge in [0.1, 0.15) is 30.2 Å². The van der Waals surface area contributed by atoms with Crippen LogP contribution in [0.2, 0.25) is 5.02 Å². The van der Waals surface area contributed by atoms with Gasteiger partial charge in [-0.05, 0) is 36.1 Å². The summed E-state index contributed by atoms with van der Waals surface area (Å²) in [6, 6.07) is 11.5. The first-order valence-electron chi connectivity index (χ1n) is 15.3. The molecule has 2 unspecified atom stereocenters. The van der Waals surface area contributed by atoms with Gasteiger partial charge in [-0.3, -0.25) is 9.69 Å². The minimum absolute atomic E-state index is 0.0109. The first-order valence-corrected chi connectivity index (χ1v) is 15.7. The number of allylic oxidation sites excluding steroid dienone is 2. The molecule has 5 atom stereocenters. The van der Waals surface area contributed by atoms with E-state index in [9.17, 15) is 28.5 Å². The van der Waals surface area contributed by atoms with Crippen LogP contribution < -0.4 is 0 Å². The van der Waals surface area contributed by atoms with E-state index in [0.29, 0.717) is 23.1 Å². The number of carbonyl (C=O) groups excluding carboxylic acids is 1. The molecule has 2 aromatic carbocycles. The van der Waals surface area contributed by atoms with E-state index in [-0.39, 0.29) is 61.7 Å². The van der Waals surface area contributed by atoms with Crippen molar-refractivity contribution in [3.63, 3.8) is 0 Å². The van der Waals surface area contributed by atoms with Gasteiger partial charge in [-0.2, -0.15) is 10.5 Å². The minimum atomic E-state index is -1.10. The van der Waals surface area contributed by atoms with Crippen molar-refractivity contribution < 1.29 is 22.7 Å². The number of fused-ring (bicyclic) bond motifs is 2. The van der Waals surface area contributed by atoms with Gasteiger partial charge in [0.15, 0.2) is 5.83 Å². The van der Waals surface area contributed by atoms with Gasteiger partial charge in [-0.25, -0.2) is 18.2 Å². The predicted octanol–water partition coefficient (Wildman–Crippen LogP) is 5.73. The molecule has 2 fully saturated rings. The number of hydrogen-bond acceptors (Lipinski definition) is 7.